The van der Waals surface area contributed by atoms with Crippen LogP contribution in [-0.4, -0.2) is 128 Å². The number of hydrogen-bond acceptors (Lipinski definition) is 16. The topological polar surface area (TPSA) is 289 Å². The average molecular weight is 1500 g/mol. The third-order valence-corrected chi connectivity index (χ3v) is 18.6. The van der Waals surface area contributed by atoms with Gasteiger partial charge in [-0.1, -0.05) is 123 Å². The van der Waals surface area contributed by atoms with E-state index in [1.807, 2.05) is 56.3 Å². The van der Waals surface area contributed by atoms with Crippen molar-refractivity contribution in [3.63, 3.8) is 0 Å². The highest BCUT2D eigenvalue weighted by Gasteiger charge is 2.41. The van der Waals surface area contributed by atoms with Gasteiger partial charge in [-0.05, 0) is 204 Å². The summed E-state index contributed by atoms with van der Waals surface area (Å²) in [6, 6.07) is 33.8. The highest BCUT2D eigenvalue weighted by molar-refractivity contribution is 5.99. The molecule has 4 amide bonds. The fourth-order valence-corrected chi connectivity index (χ4v) is 13.2. The van der Waals surface area contributed by atoms with Gasteiger partial charge in [-0.3, -0.25) is 38.4 Å². The Morgan fingerprint density at radius 3 is 1.81 bits per heavy atom. The van der Waals surface area contributed by atoms with Crippen LogP contribution in [0, 0.1) is 31.5 Å². The van der Waals surface area contributed by atoms with Crippen molar-refractivity contribution in [2.45, 2.75) is 240 Å². The normalized spacial score (nSPS) is 14.3. The highest BCUT2D eigenvalue weighted by atomic mass is 19.1. The molecule has 0 spiro atoms. The van der Waals surface area contributed by atoms with Crippen molar-refractivity contribution in [2.75, 3.05) is 34.0 Å². The van der Waals surface area contributed by atoms with Crippen LogP contribution in [0.1, 0.15) is 198 Å². The zero-order valence-electron chi connectivity index (χ0n) is 67.1. The molecule has 21 heteroatoms. The number of esters is 1. The van der Waals surface area contributed by atoms with Crippen molar-refractivity contribution in [2.24, 2.45) is 23.3 Å². The third kappa shape index (κ3) is 29.2. The highest BCUT2D eigenvalue weighted by Crippen LogP contribution is 2.39. The van der Waals surface area contributed by atoms with Crippen LogP contribution in [0.4, 0.5) is 4.39 Å². The summed E-state index contributed by atoms with van der Waals surface area (Å²) in [4.78, 5) is 118. The summed E-state index contributed by atoms with van der Waals surface area (Å²) >= 11 is 0. The van der Waals surface area contributed by atoms with Crippen LogP contribution in [0.2, 0.25) is 0 Å². The second-order valence-electron chi connectivity index (χ2n) is 31.8. The number of unbranched alkanes of at least 4 members (excludes halogenated alkanes) is 2. The summed E-state index contributed by atoms with van der Waals surface area (Å²) in [5.41, 5.74) is 15.8. The molecule has 6 aromatic carbocycles. The molecule has 7 N–H and O–H groups in total. The molecule has 20 nitrogen and oxygen atoms in total. The number of rotatable bonds is 43. The van der Waals surface area contributed by atoms with Gasteiger partial charge in [0.25, 0.3) is 5.91 Å². The predicted octanol–water partition coefficient (Wildman–Crippen LogP) is 13.8. The van der Waals surface area contributed by atoms with Gasteiger partial charge in [-0.2, -0.15) is 0 Å². The summed E-state index contributed by atoms with van der Waals surface area (Å²) in [6.07, 6.45) is 1.60. The number of halogens is 1. The maximum atomic E-state index is 15.9. The molecule has 0 saturated carbocycles. The van der Waals surface area contributed by atoms with Gasteiger partial charge >= 0.3 is 5.97 Å². The van der Waals surface area contributed by atoms with Gasteiger partial charge in [0.1, 0.15) is 40.5 Å². The van der Waals surface area contributed by atoms with Crippen molar-refractivity contribution >= 4 is 46.9 Å². The van der Waals surface area contributed by atoms with Crippen molar-refractivity contribution < 1.29 is 75.9 Å². The molecular formula is C88H118FN5O15. The lowest BCUT2D eigenvalue weighted by Crippen LogP contribution is -2.60. The van der Waals surface area contributed by atoms with Crippen LogP contribution >= 0.6 is 0 Å². The molecule has 0 aliphatic rings. The lowest BCUT2D eigenvalue weighted by atomic mass is 9.84. The Bertz CT molecular complexity index is 4020. The zero-order chi connectivity index (χ0) is 80.6. The van der Waals surface area contributed by atoms with E-state index in [1.54, 1.807) is 112 Å². The largest absolute Gasteiger partial charge is 0.497 e. The average Bonchev–Trinajstić information content (AvgIpc) is 0.807. The number of amides is 4. The van der Waals surface area contributed by atoms with Gasteiger partial charge in [0.15, 0.2) is 24.0 Å². The van der Waals surface area contributed by atoms with E-state index in [4.69, 9.17) is 44.6 Å². The number of ketones is 3. The first-order valence-electron chi connectivity index (χ1n) is 38.0. The van der Waals surface area contributed by atoms with Crippen molar-refractivity contribution in [3.8, 4) is 34.1 Å². The molecular weight excluding hydrogens is 1390 g/mol. The number of nitrogens with one attached hydrogen (secondary N) is 3. The monoisotopic (exact) mass is 1500 g/mol. The van der Waals surface area contributed by atoms with Crippen molar-refractivity contribution in [1.82, 2.24) is 16.0 Å². The number of benzene rings is 6. The Hall–Kier alpha value is -9.31. The third-order valence-electron chi connectivity index (χ3n) is 18.6. The van der Waals surface area contributed by atoms with E-state index in [9.17, 15) is 14.4 Å². The number of aryl methyl sites for hydroxylation is 4. The molecule has 0 aromatic heterocycles. The van der Waals surface area contributed by atoms with Crippen LogP contribution in [-0.2, 0) is 78.3 Å². The molecule has 6 aromatic rings. The number of carbonyl (C=O) groups excluding carboxylic acids is 8. The summed E-state index contributed by atoms with van der Waals surface area (Å²) in [6.45, 7) is 26.7. The van der Waals surface area contributed by atoms with Crippen LogP contribution in [0.25, 0.3) is 11.1 Å². The molecule has 0 aliphatic carbocycles. The van der Waals surface area contributed by atoms with E-state index in [1.165, 1.54) is 39.3 Å². The summed E-state index contributed by atoms with van der Waals surface area (Å²) in [5.74, 6) is -7.44. The molecule has 109 heavy (non-hydrogen) atoms. The Morgan fingerprint density at radius 2 is 1.20 bits per heavy atom. The number of nitrogens with two attached hydrogens (primary N) is 2. The van der Waals surface area contributed by atoms with E-state index < -0.39 is 131 Å². The lowest BCUT2D eigenvalue weighted by molar-refractivity contribution is -0.156. The molecule has 0 heterocycles. The van der Waals surface area contributed by atoms with Gasteiger partial charge in [0, 0.05) is 49.1 Å². The summed E-state index contributed by atoms with van der Waals surface area (Å²) in [5, 5.41) is 8.72. The Balaban J connectivity index is 1.45. The van der Waals surface area contributed by atoms with Gasteiger partial charge in [-0.15, -0.1) is 0 Å². The van der Waals surface area contributed by atoms with Gasteiger partial charge in [0.2, 0.25) is 17.7 Å². The second-order valence-corrected chi connectivity index (χ2v) is 31.8. The van der Waals surface area contributed by atoms with Gasteiger partial charge in [0.05, 0.1) is 74.7 Å². The standard InChI is InChI=1S/C88H118FN5O15/c1-18-20-23-41-105-68-38-39-69(60(19-2)46-68)61-31-29-58(30-32-61)45-64(82(100)92-73(28-24-25-59-43-55(3)42-56(4)44-59)76(96)50-71(70-40-37-67(103-16)49-78(70)104-17)62-33-35-66(36-34-62)106-54-79(90)98)47-75(95)74(51-80(99)109-87(12,13)14)93-83(101)65(53-107-85(6,7)8)48-77(97)81(57(5)108-86(9,10)11)94-84(102)88(15,91)52-63-26-21-22-27-72(63)89/h21-22,26-27,29-40,42-44,46,49,57,64-65,71,73-74,81H,18-20,23-25,28,41,45,47-48,50-54,91H2,1-17H3,(H2,90,98)(H,92,100)(H,93,101)(H,94,102)/t57-,64-,65+,71?,73+,74+,81?,88+/m1/s1. The molecule has 0 saturated heterocycles. The fourth-order valence-electron chi connectivity index (χ4n) is 13.2. The number of methoxy groups -OCH3 is 2. The number of ether oxygens (including phenoxy) is 7. The Kier molecular flexibility index (Phi) is 33.3. The van der Waals surface area contributed by atoms with Crippen LogP contribution in [0.15, 0.2) is 127 Å². The van der Waals surface area contributed by atoms with E-state index in [0.717, 1.165) is 58.4 Å². The fraction of sp³-hybridized carbons (Fsp3) is 0.500. The van der Waals surface area contributed by atoms with E-state index >= 15 is 28.4 Å². The second kappa shape index (κ2) is 40.9. The molecule has 2 unspecified atom stereocenters. The number of hydrogen-bond donors (Lipinski definition) is 5. The minimum absolute atomic E-state index is 0.0595. The molecule has 0 aliphatic heterocycles. The maximum absolute atomic E-state index is 15.9. The smallest absolute Gasteiger partial charge is 0.308 e. The molecule has 0 fully saturated rings. The lowest BCUT2D eigenvalue weighted by Gasteiger charge is -2.34. The molecule has 592 valence electrons. The van der Waals surface area contributed by atoms with Crippen LogP contribution in [0.5, 0.6) is 23.0 Å². The van der Waals surface area contributed by atoms with Gasteiger partial charge < -0.3 is 60.6 Å². The van der Waals surface area contributed by atoms with Crippen molar-refractivity contribution in [1.29, 1.82) is 0 Å². The summed E-state index contributed by atoms with van der Waals surface area (Å²) in [7, 11) is 3.04. The predicted molar refractivity (Wildman–Crippen MR) is 422 cm³/mol. The first-order valence-corrected chi connectivity index (χ1v) is 38.0. The van der Waals surface area contributed by atoms with Gasteiger partial charge in [-0.25, -0.2) is 4.39 Å². The molecule has 0 bridgehead atoms. The number of primary amides is 1. The van der Waals surface area contributed by atoms with E-state index in [0.29, 0.717) is 59.8 Å². The van der Waals surface area contributed by atoms with Crippen LogP contribution < -0.4 is 46.4 Å². The molecule has 6 rings (SSSR count). The molecule has 0 radical (unpaired) electrons. The first kappa shape index (κ1) is 88.6. The van der Waals surface area contributed by atoms with E-state index in [-0.39, 0.29) is 50.2 Å². The first-order chi connectivity index (χ1) is 51.3. The molecule has 8 atom stereocenters. The van der Waals surface area contributed by atoms with Crippen LogP contribution in [0.3, 0.4) is 0 Å². The number of Topliss-reactive ketones (excluding diaryl/α,β-unsaturated/α-hetero) is 3. The Labute approximate surface area is 644 Å². The quantitative estimate of drug-likeness (QED) is 0.0176. The minimum atomic E-state index is -1.75. The maximum Gasteiger partial charge on any atom is 0.308 e. The van der Waals surface area contributed by atoms with Crippen molar-refractivity contribution in [3.05, 3.63) is 178 Å². The van der Waals surface area contributed by atoms with E-state index in [2.05, 4.69) is 54.1 Å². The Morgan fingerprint density at radius 1 is 0.578 bits per heavy atom. The minimum Gasteiger partial charge on any atom is -0.497 e. The summed E-state index contributed by atoms with van der Waals surface area (Å²) < 4.78 is 56.6. The zero-order valence-corrected chi connectivity index (χ0v) is 67.1. The number of carbonyl (C=O) groups is 8. The SMILES string of the molecule is CCCCCOc1ccc(-c2ccc(C[C@H](CC(=O)[C@H](CC(=O)OC(C)(C)C)NC(=O)[C@H](COC(C)(C)C)CC(=O)C(NC(=O)[C@@](C)(N)Cc3ccccc3F)[C@@H](C)OC(C)(C)C)C(=O)N[C@@H](CCCc3cc(C)cc(C)c3)C(=O)CC(c3ccc(OCC(N)=O)cc3)c3ccc(OC)cc3OC)cc2)c(CC)c1.